The number of carbonyl (C=O) groups excluding carboxylic acids is 1. The number of nitrogens with zero attached hydrogens (tertiary/aromatic N) is 3. The summed E-state index contributed by atoms with van der Waals surface area (Å²) in [6, 6.07) is 8.29. The summed E-state index contributed by atoms with van der Waals surface area (Å²) >= 11 is 6.46. The van der Waals surface area contributed by atoms with Crippen LogP contribution >= 0.6 is 11.6 Å². The summed E-state index contributed by atoms with van der Waals surface area (Å²) < 4.78 is 0. The molecule has 5 nitrogen and oxygen atoms in total. The number of halogens is 1. The molecule has 0 bridgehead atoms. The van der Waals surface area contributed by atoms with Crippen LogP contribution in [0.1, 0.15) is 49.4 Å². The zero-order valence-corrected chi connectivity index (χ0v) is 19.1. The highest BCUT2D eigenvalue weighted by molar-refractivity contribution is 6.35. The number of carbonyl (C=O) groups is 1. The maximum absolute atomic E-state index is 13.0. The van der Waals surface area contributed by atoms with E-state index in [0.29, 0.717) is 22.5 Å². The van der Waals surface area contributed by atoms with Crippen LogP contribution < -0.4 is 10.2 Å². The lowest BCUT2D eigenvalue weighted by atomic mass is 9.82. The highest BCUT2D eigenvalue weighted by Crippen LogP contribution is 2.30. The number of hydrogen-bond donors (Lipinski definition) is 1. The van der Waals surface area contributed by atoms with E-state index < -0.39 is 0 Å². The molecular weight excluding hydrogens is 396 g/mol. The number of benzene rings is 1. The van der Waals surface area contributed by atoms with E-state index in [-0.39, 0.29) is 5.91 Å². The standard InChI is InChI=1S/C24H33ClN4O/c1-16-5-4-6-17(13-16)14-26-24(30)23-19-7-10-22(27-21(19)9-8-20(23)25)29-12-11-18(15-29)28(2)3/h7-10,16-18H,4-6,11-15H2,1-3H3,(H,26,30). The number of likely N-dealkylation sites (N-methyl/N-ethyl adjacent to an activating group) is 1. The third-order valence-electron chi connectivity index (χ3n) is 6.85. The number of aromatic nitrogens is 1. The number of nitrogens with one attached hydrogen (secondary N) is 1. The molecule has 1 aliphatic carbocycles. The van der Waals surface area contributed by atoms with E-state index in [4.69, 9.17) is 16.6 Å². The second-order valence-corrected chi connectivity index (χ2v) is 9.77. The van der Waals surface area contributed by atoms with Crippen LogP contribution in [0.25, 0.3) is 10.9 Å². The average Bonchev–Trinajstić information content (AvgIpc) is 3.22. The van der Waals surface area contributed by atoms with Crippen LogP contribution in [-0.4, -0.2) is 55.6 Å². The lowest BCUT2D eigenvalue weighted by molar-refractivity contribution is 0.0942. The summed E-state index contributed by atoms with van der Waals surface area (Å²) in [6.07, 6.45) is 6.09. The summed E-state index contributed by atoms with van der Waals surface area (Å²) in [5.41, 5.74) is 1.37. The van der Waals surface area contributed by atoms with Crippen molar-refractivity contribution in [1.29, 1.82) is 0 Å². The summed E-state index contributed by atoms with van der Waals surface area (Å²) in [5, 5.41) is 4.45. The lowest BCUT2D eigenvalue weighted by Gasteiger charge is -2.26. The van der Waals surface area contributed by atoms with Gasteiger partial charge in [-0.3, -0.25) is 4.79 Å². The first-order valence-electron chi connectivity index (χ1n) is 11.2. The van der Waals surface area contributed by atoms with E-state index in [1.54, 1.807) is 6.07 Å². The first-order valence-corrected chi connectivity index (χ1v) is 11.6. The third-order valence-corrected chi connectivity index (χ3v) is 7.16. The minimum Gasteiger partial charge on any atom is -0.355 e. The molecule has 0 spiro atoms. The highest BCUT2D eigenvalue weighted by atomic mass is 35.5. The van der Waals surface area contributed by atoms with Crippen LogP contribution in [0.15, 0.2) is 24.3 Å². The van der Waals surface area contributed by atoms with Gasteiger partial charge in [-0.05, 0) is 69.5 Å². The molecule has 1 aromatic heterocycles. The second-order valence-electron chi connectivity index (χ2n) is 9.36. The molecule has 1 N–H and O–H groups in total. The largest absolute Gasteiger partial charge is 0.355 e. The van der Waals surface area contributed by atoms with Gasteiger partial charge in [0.25, 0.3) is 5.91 Å². The van der Waals surface area contributed by atoms with Crippen molar-refractivity contribution < 1.29 is 4.79 Å². The smallest absolute Gasteiger partial charge is 0.253 e. The van der Waals surface area contributed by atoms with Gasteiger partial charge in [0.1, 0.15) is 5.82 Å². The SMILES string of the molecule is CC1CCCC(CNC(=O)c2c(Cl)ccc3nc(N4CCC(N(C)C)C4)ccc23)C1. The van der Waals surface area contributed by atoms with Crippen molar-refractivity contribution in [2.45, 2.75) is 45.1 Å². The molecule has 1 aliphatic heterocycles. The van der Waals surface area contributed by atoms with Gasteiger partial charge in [0.15, 0.2) is 0 Å². The van der Waals surface area contributed by atoms with Gasteiger partial charge < -0.3 is 15.1 Å². The number of fused-ring (bicyclic) bond motifs is 1. The zero-order chi connectivity index (χ0) is 21.3. The van der Waals surface area contributed by atoms with E-state index in [9.17, 15) is 4.79 Å². The topological polar surface area (TPSA) is 48.5 Å². The molecule has 0 radical (unpaired) electrons. The molecule has 30 heavy (non-hydrogen) atoms. The maximum Gasteiger partial charge on any atom is 0.253 e. The average molecular weight is 429 g/mol. The van der Waals surface area contributed by atoms with E-state index in [1.165, 1.54) is 25.7 Å². The number of amides is 1. The van der Waals surface area contributed by atoms with Crippen LogP contribution in [0.4, 0.5) is 5.82 Å². The molecule has 4 rings (SSSR count). The fraction of sp³-hybridized carbons (Fsp3) is 0.583. The van der Waals surface area contributed by atoms with E-state index in [2.05, 4.69) is 36.1 Å². The summed E-state index contributed by atoms with van der Waals surface area (Å²) in [4.78, 5) is 22.5. The van der Waals surface area contributed by atoms with Gasteiger partial charge in [0, 0.05) is 31.1 Å². The monoisotopic (exact) mass is 428 g/mol. The van der Waals surface area contributed by atoms with Crippen molar-refractivity contribution >= 4 is 34.2 Å². The van der Waals surface area contributed by atoms with Gasteiger partial charge in [-0.2, -0.15) is 0 Å². The van der Waals surface area contributed by atoms with Gasteiger partial charge in [-0.15, -0.1) is 0 Å². The lowest BCUT2D eigenvalue weighted by Crippen LogP contribution is -2.32. The number of rotatable bonds is 5. The minimum absolute atomic E-state index is 0.0905. The summed E-state index contributed by atoms with van der Waals surface area (Å²) in [5.74, 6) is 2.20. The second kappa shape index (κ2) is 9.11. The van der Waals surface area contributed by atoms with Crippen LogP contribution in [0.2, 0.25) is 5.02 Å². The number of anilines is 1. The fourth-order valence-electron chi connectivity index (χ4n) is 5.02. The van der Waals surface area contributed by atoms with E-state index in [1.807, 2.05) is 18.2 Å². The molecule has 3 atom stereocenters. The van der Waals surface area contributed by atoms with Crippen molar-refractivity contribution in [1.82, 2.24) is 15.2 Å². The van der Waals surface area contributed by atoms with Crippen LogP contribution in [0.3, 0.4) is 0 Å². The van der Waals surface area contributed by atoms with Crippen LogP contribution in [-0.2, 0) is 0 Å². The Kier molecular flexibility index (Phi) is 6.49. The highest BCUT2D eigenvalue weighted by Gasteiger charge is 2.26. The molecule has 2 heterocycles. The number of hydrogen-bond acceptors (Lipinski definition) is 4. The molecule has 3 unspecified atom stereocenters. The molecule has 1 aromatic carbocycles. The Morgan fingerprint density at radius 1 is 1.23 bits per heavy atom. The Bertz CT molecular complexity index is 915. The molecule has 162 valence electrons. The van der Waals surface area contributed by atoms with Gasteiger partial charge in [-0.25, -0.2) is 4.98 Å². The minimum atomic E-state index is -0.0905. The van der Waals surface area contributed by atoms with E-state index in [0.717, 1.165) is 48.7 Å². The van der Waals surface area contributed by atoms with Gasteiger partial charge in [0.05, 0.1) is 16.1 Å². The quantitative estimate of drug-likeness (QED) is 0.756. The van der Waals surface area contributed by atoms with Gasteiger partial charge >= 0.3 is 0 Å². The number of pyridine rings is 1. The molecule has 1 saturated heterocycles. The Morgan fingerprint density at radius 3 is 2.80 bits per heavy atom. The van der Waals surface area contributed by atoms with Crippen molar-refractivity contribution in [2.75, 3.05) is 38.6 Å². The molecule has 2 fully saturated rings. The summed E-state index contributed by atoms with van der Waals surface area (Å²) in [7, 11) is 4.26. The molecule has 1 saturated carbocycles. The molecule has 1 amide bonds. The zero-order valence-electron chi connectivity index (χ0n) is 18.3. The Hall–Kier alpha value is -1.85. The molecule has 6 heteroatoms. The van der Waals surface area contributed by atoms with Gasteiger partial charge in [0.2, 0.25) is 0 Å². The third kappa shape index (κ3) is 4.57. The Labute approximate surface area is 184 Å². The van der Waals surface area contributed by atoms with E-state index >= 15 is 0 Å². The van der Waals surface area contributed by atoms with Crippen molar-refractivity contribution in [3.05, 3.63) is 34.9 Å². The van der Waals surface area contributed by atoms with Crippen molar-refractivity contribution in [2.24, 2.45) is 11.8 Å². The summed E-state index contributed by atoms with van der Waals surface area (Å²) in [6.45, 7) is 5.01. The molecule has 2 aliphatic rings. The van der Waals surface area contributed by atoms with Crippen LogP contribution in [0, 0.1) is 11.8 Å². The predicted molar refractivity (Wildman–Crippen MR) is 125 cm³/mol. The normalized spacial score (nSPS) is 24.6. The predicted octanol–water partition coefficient (Wildman–Crippen LogP) is 4.58. The Morgan fingerprint density at radius 2 is 2.07 bits per heavy atom. The first kappa shape index (κ1) is 21.4. The Balaban J connectivity index is 1.52. The van der Waals surface area contributed by atoms with Crippen LogP contribution in [0.5, 0.6) is 0 Å². The van der Waals surface area contributed by atoms with Gasteiger partial charge in [-0.1, -0.05) is 31.4 Å². The maximum atomic E-state index is 13.0. The van der Waals surface area contributed by atoms with Crippen molar-refractivity contribution in [3.63, 3.8) is 0 Å². The van der Waals surface area contributed by atoms with Crippen molar-refractivity contribution in [3.8, 4) is 0 Å². The molecule has 2 aromatic rings. The fourth-order valence-corrected chi connectivity index (χ4v) is 5.27. The first-order chi connectivity index (χ1) is 14.4. The molecular formula is C24H33ClN4O.